The third-order valence-electron chi connectivity index (χ3n) is 3.97. The maximum atomic E-state index is 12.2. The smallest absolute Gasteiger partial charge is 0.268 e. The lowest BCUT2D eigenvalue weighted by molar-refractivity contribution is -0.0942. The molecule has 1 fully saturated rings. The summed E-state index contributed by atoms with van der Waals surface area (Å²) in [7, 11) is 3.59. The molecular weight excluding hydrogens is 296 g/mol. The maximum Gasteiger partial charge on any atom is 0.268 e. The molecule has 1 aromatic heterocycles. The van der Waals surface area contributed by atoms with Crippen LogP contribution < -0.4 is 5.32 Å². The van der Waals surface area contributed by atoms with Gasteiger partial charge < -0.3 is 14.6 Å². The second kappa shape index (κ2) is 4.70. The summed E-state index contributed by atoms with van der Waals surface area (Å²) < 4.78 is 8.12. The van der Waals surface area contributed by atoms with Crippen LogP contribution >= 0.6 is 15.9 Å². The van der Waals surface area contributed by atoms with E-state index < -0.39 is 0 Å². The predicted molar refractivity (Wildman–Crippen MR) is 73.6 cm³/mol. The van der Waals surface area contributed by atoms with Gasteiger partial charge in [-0.05, 0) is 28.4 Å². The molecule has 1 heterocycles. The summed E-state index contributed by atoms with van der Waals surface area (Å²) in [5.74, 6) is -0.0316. The number of hydrogen-bond acceptors (Lipinski definition) is 2. The van der Waals surface area contributed by atoms with Crippen LogP contribution in [0.1, 0.15) is 30.8 Å². The van der Waals surface area contributed by atoms with Gasteiger partial charge in [0.05, 0.1) is 6.10 Å². The van der Waals surface area contributed by atoms with Gasteiger partial charge in [-0.25, -0.2) is 0 Å². The molecule has 1 amide bonds. The zero-order valence-electron chi connectivity index (χ0n) is 11.2. The summed E-state index contributed by atoms with van der Waals surface area (Å²) in [6.45, 7) is 4.24. The highest BCUT2D eigenvalue weighted by atomic mass is 79.9. The van der Waals surface area contributed by atoms with Gasteiger partial charge in [0.25, 0.3) is 5.91 Å². The lowest BCUT2D eigenvalue weighted by Crippen LogP contribution is -2.61. The fourth-order valence-corrected chi connectivity index (χ4v) is 3.04. The van der Waals surface area contributed by atoms with E-state index in [1.807, 2.05) is 23.9 Å². The predicted octanol–water partition coefficient (Wildman–Crippen LogP) is 2.33. The first-order valence-corrected chi connectivity index (χ1v) is 6.81. The molecule has 0 aromatic carbocycles. The van der Waals surface area contributed by atoms with Crippen molar-refractivity contribution < 1.29 is 9.53 Å². The first-order valence-electron chi connectivity index (χ1n) is 6.01. The number of carbonyl (C=O) groups excluding carboxylic acids is 1. The normalized spacial score (nSPS) is 25.6. The van der Waals surface area contributed by atoms with E-state index in [0.29, 0.717) is 5.69 Å². The third-order valence-corrected chi connectivity index (χ3v) is 4.41. The van der Waals surface area contributed by atoms with Crippen LogP contribution in [0.5, 0.6) is 0 Å². The quantitative estimate of drug-likeness (QED) is 0.930. The van der Waals surface area contributed by atoms with Crippen LogP contribution in [0.3, 0.4) is 0 Å². The summed E-state index contributed by atoms with van der Waals surface area (Å²) >= 11 is 3.37. The van der Waals surface area contributed by atoms with Crippen LogP contribution in [0.2, 0.25) is 0 Å². The van der Waals surface area contributed by atoms with Gasteiger partial charge in [-0.2, -0.15) is 0 Å². The molecule has 100 valence electrons. The molecule has 0 saturated heterocycles. The molecule has 2 unspecified atom stereocenters. The maximum absolute atomic E-state index is 12.2. The number of nitrogens with zero attached hydrogens (tertiary/aromatic N) is 1. The number of amides is 1. The Bertz CT molecular complexity index is 468. The van der Waals surface area contributed by atoms with E-state index in [-0.39, 0.29) is 23.5 Å². The summed E-state index contributed by atoms with van der Waals surface area (Å²) in [4.78, 5) is 12.2. The van der Waals surface area contributed by atoms with E-state index in [2.05, 4.69) is 35.1 Å². The zero-order valence-corrected chi connectivity index (χ0v) is 12.7. The monoisotopic (exact) mass is 314 g/mol. The average Bonchev–Trinajstić information content (AvgIpc) is 2.63. The lowest BCUT2D eigenvalue weighted by Gasteiger charge is -2.51. The summed E-state index contributed by atoms with van der Waals surface area (Å²) in [6, 6.07) is 2.00. The molecule has 2 atom stereocenters. The molecule has 1 aromatic rings. The number of methoxy groups -OCH3 is 1. The highest BCUT2D eigenvalue weighted by molar-refractivity contribution is 9.10. The summed E-state index contributed by atoms with van der Waals surface area (Å²) in [5, 5.41) is 3.08. The van der Waals surface area contributed by atoms with Crippen molar-refractivity contribution in [3.8, 4) is 0 Å². The highest BCUT2D eigenvalue weighted by Gasteiger charge is 2.49. The Morgan fingerprint density at radius 1 is 1.61 bits per heavy atom. The fraction of sp³-hybridized carbons (Fsp3) is 0.615. The van der Waals surface area contributed by atoms with Crippen molar-refractivity contribution in [3.63, 3.8) is 0 Å². The molecule has 18 heavy (non-hydrogen) atoms. The molecule has 1 aliphatic carbocycles. The number of carbonyl (C=O) groups is 1. The second-order valence-corrected chi connectivity index (χ2v) is 6.38. The van der Waals surface area contributed by atoms with Gasteiger partial charge in [0.15, 0.2) is 0 Å². The van der Waals surface area contributed by atoms with Crippen LogP contribution in [0.4, 0.5) is 0 Å². The first-order chi connectivity index (χ1) is 8.36. The van der Waals surface area contributed by atoms with Crippen LogP contribution in [0.15, 0.2) is 16.7 Å². The molecule has 0 aliphatic heterocycles. The average molecular weight is 315 g/mol. The molecule has 2 rings (SSSR count). The Labute approximate surface area is 116 Å². The molecule has 0 radical (unpaired) electrons. The van der Waals surface area contributed by atoms with E-state index in [1.165, 1.54) is 0 Å². The minimum absolute atomic E-state index is 0.00714. The number of aromatic nitrogens is 1. The van der Waals surface area contributed by atoms with Crippen molar-refractivity contribution in [3.05, 3.63) is 22.4 Å². The van der Waals surface area contributed by atoms with Gasteiger partial charge in [-0.15, -0.1) is 0 Å². The van der Waals surface area contributed by atoms with Crippen molar-refractivity contribution in [2.75, 3.05) is 7.11 Å². The number of hydrogen-bond donors (Lipinski definition) is 1. The molecule has 0 bridgehead atoms. The first kappa shape index (κ1) is 13.6. The van der Waals surface area contributed by atoms with E-state index in [0.717, 1.165) is 10.9 Å². The van der Waals surface area contributed by atoms with E-state index in [4.69, 9.17) is 4.74 Å². The number of rotatable bonds is 3. The lowest BCUT2D eigenvalue weighted by atomic mass is 9.64. The molecular formula is C13H19BrN2O2. The molecule has 5 heteroatoms. The van der Waals surface area contributed by atoms with Crippen LogP contribution in [0, 0.1) is 5.41 Å². The number of aryl methyl sites for hydroxylation is 1. The number of halogens is 1. The summed E-state index contributed by atoms with van der Waals surface area (Å²) in [6.07, 6.45) is 2.97. The SMILES string of the molecule is COC1CC(NC(=O)c2cc(Br)cn2C)C1(C)C. The van der Waals surface area contributed by atoms with Crippen molar-refractivity contribution in [1.29, 1.82) is 0 Å². The van der Waals surface area contributed by atoms with Gasteiger partial charge >= 0.3 is 0 Å². The Balaban J connectivity index is 2.04. The van der Waals surface area contributed by atoms with Crippen LogP contribution in [-0.4, -0.2) is 29.7 Å². The van der Waals surface area contributed by atoms with Gasteiger partial charge in [0.1, 0.15) is 5.69 Å². The van der Waals surface area contributed by atoms with E-state index >= 15 is 0 Å². The molecule has 1 saturated carbocycles. The largest absolute Gasteiger partial charge is 0.381 e. The molecule has 0 spiro atoms. The van der Waals surface area contributed by atoms with E-state index in [1.54, 1.807) is 7.11 Å². The molecule has 1 aliphatic rings. The Kier molecular flexibility index (Phi) is 3.56. The van der Waals surface area contributed by atoms with Gasteiger partial charge in [-0.1, -0.05) is 13.8 Å². The zero-order chi connectivity index (χ0) is 13.5. The molecule has 4 nitrogen and oxygen atoms in total. The number of ether oxygens (including phenoxy) is 1. The van der Waals surface area contributed by atoms with Crippen molar-refractivity contribution in [2.24, 2.45) is 12.5 Å². The topological polar surface area (TPSA) is 43.3 Å². The van der Waals surface area contributed by atoms with Gasteiger partial charge in [-0.3, -0.25) is 4.79 Å². The Hall–Kier alpha value is -0.810. The summed E-state index contributed by atoms with van der Waals surface area (Å²) in [5.41, 5.74) is 0.658. The minimum Gasteiger partial charge on any atom is -0.381 e. The van der Waals surface area contributed by atoms with E-state index in [9.17, 15) is 4.79 Å². The van der Waals surface area contributed by atoms with Crippen molar-refractivity contribution in [2.45, 2.75) is 32.4 Å². The molecule has 1 N–H and O–H groups in total. The Morgan fingerprint density at radius 2 is 2.28 bits per heavy atom. The van der Waals surface area contributed by atoms with Gasteiger partial charge in [0.2, 0.25) is 0 Å². The highest BCUT2D eigenvalue weighted by Crippen LogP contribution is 2.42. The van der Waals surface area contributed by atoms with Crippen molar-refractivity contribution >= 4 is 21.8 Å². The number of nitrogens with one attached hydrogen (secondary N) is 1. The van der Waals surface area contributed by atoms with Crippen LogP contribution in [-0.2, 0) is 11.8 Å². The second-order valence-electron chi connectivity index (χ2n) is 5.46. The Morgan fingerprint density at radius 3 is 2.72 bits per heavy atom. The fourth-order valence-electron chi connectivity index (χ4n) is 2.51. The standard InChI is InChI=1S/C13H19BrN2O2/c1-13(2)10(6-11(13)18-4)15-12(17)9-5-8(14)7-16(9)3/h5,7,10-11H,6H2,1-4H3,(H,15,17). The van der Waals surface area contributed by atoms with Crippen molar-refractivity contribution in [1.82, 2.24) is 9.88 Å². The van der Waals surface area contributed by atoms with Gasteiger partial charge in [0, 0.05) is 36.3 Å². The van der Waals surface area contributed by atoms with Crippen LogP contribution in [0.25, 0.3) is 0 Å². The minimum atomic E-state index is -0.0316. The third kappa shape index (κ3) is 2.21.